The number of halogens is 1. The van der Waals surface area contributed by atoms with Crippen LogP contribution in [0.4, 0.5) is 11.4 Å². The lowest BCUT2D eigenvalue weighted by molar-refractivity contribution is 0.261. The van der Waals surface area contributed by atoms with Crippen LogP contribution in [0.3, 0.4) is 0 Å². The fraction of sp³-hybridized carbons (Fsp3) is 0.571. The second kappa shape index (κ2) is 5.81. The van der Waals surface area contributed by atoms with Gasteiger partial charge < -0.3 is 15.1 Å². The SMILES string of the molecule is CN1CCCC(Nc2cc(Cl)ccc2N(C)C)C1. The highest BCUT2D eigenvalue weighted by molar-refractivity contribution is 6.31. The predicted octanol–water partition coefficient (Wildman–Crippen LogP) is 2.91. The van der Waals surface area contributed by atoms with Crippen LogP contribution in [0.1, 0.15) is 12.8 Å². The number of anilines is 2. The number of nitrogens with one attached hydrogen (secondary N) is 1. The lowest BCUT2D eigenvalue weighted by Crippen LogP contribution is -2.39. The maximum Gasteiger partial charge on any atom is 0.0597 e. The largest absolute Gasteiger partial charge is 0.379 e. The van der Waals surface area contributed by atoms with Crippen LogP contribution in [0.2, 0.25) is 5.02 Å². The summed E-state index contributed by atoms with van der Waals surface area (Å²) in [5.74, 6) is 0. The van der Waals surface area contributed by atoms with Gasteiger partial charge in [0.15, 0.2) is 0 Å². The third-order valence-corrected chi connectivity index (χ3v) is 3.66. The van der Waals surface area contributed by atoms with Crippen LogP contribution in [0, 0.1) is 0 Å². The van der Waals surface area contributed by atoms with Crippen molar-refractivity contribution in [3.63, 3.8) is 0 Å². The van der Waals surface area contributed by atoms with Gasteiger partial charge in [0.2, 0.25) is 0 Å². The van der Waals surface area contributed by atoms with Crippen molar-refractivity contribution in [2.75, 3.05) is 44.4 Å². The first-order chi connectivity index (χ1) is 8.56. The molecule has 0 saturated carbocycles. The Hall–Kier alpha value is -0.930. The first-order valence-electron chi connectivity index (χ1n) is 6.48. The van der Waals surface area contributed by atoms with Crippen molar-refractivity contribution in [1.82, 2.24) is 4.90 Å². The highest BCUT2D eigenvalue weighted by Crippen LogP contribution is 2.29. The summed E-state index contributed by atoms with van der Waals surface area (Å²) in [6, 6.07) is 6.54. The van der Waals surface area contributed by atoms with Gasteiger partial charge in [-0.1, -0.05) is 11.6 Å². The molecule has 1 aromatic carbocycles. The quantitative estimate of drug-likeness (QED) is 0.909. The molecular weight excluding hydrogens is 246 g/mol. The Labute approximate surface area is 115 Å². The van der Waals surface area contributed by atoms with Gasteiger partial charge in [-0.3, -0.25) is 0 Å². The molecule has 1 heterocycles. The van der Waals surface area contributed by atoms with Gasteiger partial charge in [0.05, 0.1) is 11.4 Å². The van der Waals surface area contributed by atoms with E-state index in [0.717, 1.165) is 17.3 Å². The van der Waals surface area contributed by atoms with Crippen molar-refractivity contribution in [1.29, 1.82) is 0 Å². The molecule has 1 aliphatic rings. The molecule has 3 nitrogen and oxygen atoms in total. The fourth-order valence-electron chi connectivity index (χ4n) is 2.52. The number of nitrogens with zero attached hydrogens (tertiary/aromatic N) is 2. The van der Waals surface area contributed by atoms with Crippen LogP contribution >= 0.6 is 11.6 Å². The molecular formula is C14H22ClN3. The average Bonchev–Trinajstić information content (AvgIpc) is 2.28. The number of likely N-dealkylation sites (tertiary alicyclic amines) is 1. The van der Waals surface area contributed by atoms with Crippen molar-refractivity contribution in [3.8, 4) is 0 Å². The highest BCUT2D eigenvalue weighted by atomic mass is 35.5. The summed E-state index contributed by atoms with van der Waals surface area (Å²) in [5, 5.41) is 4.42. The first kappa shape index (κ1) is 13.5. The van der Waals surface area contributed by atoms with Crippen LogP contribution in [-0.2, 0) is 0 Å². The van der Waals surface area contributed by atoms with Gasteiger partial charge in [-0.25, -0.2) is 0 Å². The molecule has 1 saturated heterocycles. The zero-order valence-electron chi connectivity index (χ0n) is 11.4. The number of likely N-dealkylation sites (N-methyl/N-ethyl adjacent to an activating group) is 1. The summed E-state index contributed by atoms with van der Waals surface area (Å²) >= 11 is 6.10. The predicted molar refractivity (Wildman–Crippen MR) is 79.9 cm³/mol. The van der Waals surface area contributed by atoms with Gasteiger partial charge in [0, 0.05) is 31.7 Å². The standard InChI is InChI=1S/C14H22ClN3/c1-17(2)14-7-6-11(15)9-13(14)16-12-5-4-8-18(3)10-12/h6-7,9,12,16H,4-5,8,10H2,1-3H3. The topological polar surface area (TPSA) is 18.5 Å². The third-order valence-electron chi connectivity index (χ3n) is 3.42. The van der Waals surface area contributed by atoms with E-state index in [2.05, 4.69) is 42.3 Å². The Morgan fingerprint density at radius 1 is 1.39 bits per heavy atom. The molecule has 1 aliphatic heterocycles. The average molecular weight is 268 g/mol. The Morgan fingerprint density at radius 2 is 2.17 bits per heavy atom. The fourth-order valence-corrected chi connectivity index (χ4v) is 2.69. The van der Waals surface area contributed by atoms with E-state index in [9.17, 15) is 0 Å². The van der Waals surface area contributed by atoms with Crippen LogP contribution in [0.15, 0.2) is 18.2 Å². The molecule has 1 aromatic rings. The molecule has 1 fully saturated rings. The number of hydrogen-bond donors (Lipinski definition) is 1. The summed E-state index contributed by atoms with van der Waals surface area (Å²) in [5.41, 5.74) is 2.32. The minimum atomic E-state index is 0.515. The van der Waals surface area contributed by atoms with Crippen LogP contribution < -0.4 is 10.2 Å². The molecule has 0 spiro atoms. The van der Waals surface area contributed by atoms with Crippen molar-refractivity contribution in [2.45, 2.75) is 18.9 Å². The molecule has 100 valence electrons. The summed E-state index contributed by atoms with van der Waals surface area (Å²) in [6.07, 6.45) is 2.48. The molecule has 1 N–H and O–H groups in total. The molecule has 2 rings (SSSR count). The molecule has 0 bridgehead atoms. The second-order valence-corrected chi connectivity index (χ2v) is 5.74. The van der Waals surface area contributed by atoms with Crippen LogP contribution in [0.5, 0.6) is 0 Å². The molecule has 1 atom stereocenters. The molecule has 4 heteroatoms. The lowest BCUT2D eigenvalue weighted by Gasteiger charge is -2.32. The van der Waals surface area contributed by atoms with Crippen LogP contribution in [0.25, 0.3) is 0 Å². The number of benzene rings is 1. The van der Waals surface area contributed by atoms with E-state index in [4.69, 9.17) is 11.6 Å². The molecule has 1 unspecified atom stereocenters. The van der Waals surface area contributed by atoms with E-state index in [1.54, 1.807) is 0 Å². The Balaban J connectivity index is 2.14. The highest BCUT2D eigenvalue weighted by Gasteiger charge is 2.18. The van der Waals surface area contributed by atoms with Gasteiger partial charge in [0.25, 0.3) is 0 Å². The first-order valence-corrected chi connectivity index (χ1v) is 6.86. The summed E-state index contributed by atoms with van der Waals surface area (Å²) in [7, 11) is 6.29. The van der Waals surface area contributed by atoms with E-state index in [-0.39, 0.29) is 0 Å². The molecule has 0 aliphatic carbocycles. The third kappa shape index (κ3) is 3.30. The zero-order chi connectivity index (χ0) is 13.1. The summed E-state index contributed by atoms with van der Waals surface area (Å²) in [6.45, 7) is 2.30. The van der Waals surface area contributed by atoms with E-state index in [1.165, 1.54) is 25.1 Å². The summed E-state index contributed by atoms with van der Waals surface area (Å²) < 4.78 is 0. The van der Waals surface area contributed by atoms with Gasteiger partial charge in [-0.15, -0.1) is 0 Å². The number of piperidine rings is 1. The zero-order valence-corrected chi connectivity index (χ0v) is 12.2. The van der Waals surface area contributed by atoms with Crippen molar-refractivity contribution in [3.05, 3.63) is 23.2 Å². The maximum atomic E-state index is 6.10. The van der Waals surface area contributed by atoms with Gasteiger partial charge in [0.1, 0.15) is 0 Å². The summed E-state index contributed by atoms with van der Waals surface area (Å²) in [4.78, 5) is 4.49. The van der Waals surface area contributed by atoms with E-state index in [0.29, 0.717) is 6.04 Å². The van der Waals surface area contributed by atoms with Gasteiger partial charge in [-0.05, 0) is 44.6 Å². The number of rotatable bonds is 3. The Kier molecular flexibility index (Phi) is 4.36. The molecule has 0 amide bonds. The minimum Gasteiger partial charge on any atom is -0.379 e. The smallest absolute Gasteiger partial charge is 0.0597 e. The Bertz CT molecular complexity index is 406. The van der Waals surface area contributed by atoms with E-state index in [1.807, 2.05) is 12.1 Å². The van der Waals surface area contributed by atoms with Crippen LogP contribution in [-0.4, -0.2) is 45.2 Å². The van der Waals surface area contributed by atoms with E-state index >= 15 is 0 Å². The molecule has 0 aromatic heterocycles. The normalized spacial score (nSPS) is 20.8. The monoisotopic (exact) mass is 267 g/mol. The van der Waals surface area contributed by atoms with Gasteiger partial charge >= 0.3 is 0 Å². The van der Waals surface area contributed by atoms with Crippen molar-refractivity contribution < 1.29 is 0 Å². The number of hydrogen-bond acceptors (Lipinski definition) is 3. The van der Waals surface area contributed by atoms with Crippen molar-refractivity contribution >= 4 is 23.0 Å². The lowest BCUT2D eigenvalue weighted by atomic mass is 10.1. The second-order valence-electron chi connectivity index (χ2n) is 5.30. The molecule has 18 heavy (non-hydrogen) atoms. The van der Waals surface area contributed by atoms with E-state index < -0.39 is 0 Å². The van der Waals surface area contributed by atoms with Crippen molar-refractivity contribution in [2.24, 2.45) is 0 Å². The van der Waals surface area contributed by atoms with Gasteiger partial charge in [-0.2, -0.15) is 0 Å². The molecule has 0 radical (unpaired) electrons. The Morgan fingerprint density at radius 3 is 2.83 bits per heavy atom. The minimum absolute atomic E-state index is 0.515. The maximum absolute atomic E-state index is 6.10.